The van der Waals surface area contributed by atoms with E-state index in [9.17, 15) is 0 Å². The fraction of sp³-hybridized carbons (Fsp3) is 0.583. The molecule has 0 saturated carbocycles. The molecule has 3 nitrogen and oxygen atoms in total. The van der Waals surface area contributed by atoms with Crippen LogP contribution >= 0.6 is 15.9 Å². The standard InChI is InChI=1S/C12H20BrN3/c1-10-11(13)6-7-12(14-10)16(4)9-5-8-15(2)3/h6-7H,5,8-9H2,1-4H3. The molecule has 0 spiro atoms. The molecule has 0 aliphatic heterocycles. The minimum absolute atomic E-state index is 1.03. The van der Waals surface area contributed by atoms with Crippen LogP contribution in [-0.2, 0) is 0 Å². The van der Waals surface area contributed by atoms with Crippen molar-refractivity contribution in [2.24, 2.45) is 0 Å². The molecule has 90 valence electrons. The zero-order chi connectivity index (χ0) is 12.1. The van der Waals surface area contributed by atoms with Gasteiger partial charge in [0.05, 0.1) is 5.69 Å². The van der Waals surface area contributed by atoms with Crippen LogP contribution in [0.15, 0.2) is 16.6 Å². The second-order valence-corrected chi connectivity index (χ2v) is 5.17. The van der Waals surface area contributed by atoms with Crippen LogP contribution in [0.3, 0.4) is 0 Å². The summed E-state index contributed by atoms with van der Waals surface area (Å²) in [5, 5.41) is 0. The first-order valence-corrected chi connectivity index (χ1v) is 6.29. The van der Waals surface area contributed by atoms with E-state index >= 15 is 0 Å². The topological polar surface area (TPSA) is 19.4 Å². The van der Waals surface area contributed by atoms with Gasteiger partial charge in [-0.05, 0) is 62.0 Å². The maximum Gasteiger partial charge on any atom is 0.128 e. The Morgan fingerprint density at radius 3 is 2.44 bits per heavy atom. The number of nitrogens with zero attached hydrogens (tertiary/aromatic N) is 3. The Morgan fingerprint density at radius 1 is 1.19 bits per heavy atom. The Kier molecular flexibility index (Phi) is 5.22. The number of aryl methyl sites for hydroxylation is 1. The lowest BCUT2D eigenvalue weighted by atomic mass is 10.3. The number of aromatic nitrogens is 1. The highest BCUT2D eigenvalue weighted by Gasteiger charge is 2.04. The molecule has 0 bridgehead atoms. The molecule has 1 aromatic rings. The lowest BCUT2D eigenvalue weighted by Crippen LogP contribution is -2.24. The van der Waals surface area contributed by atoms with Gasteiger partial charge >= 0.3 is 0 Å². The Labute approximate surface area is 107 Å². The number of rotatable bonds is 5. The Bertz CT molecular complexity index is 339. The van der Waals surface area contributed by atoms with Gasteiger partial charge < -0.3 is 9.80 Å². The van der Waals surface area contributed by atoms with Gasteiger partial charge in [0, 0.05) is 18.1 Å². The second-order valence-electron chi connectivity index (χ2n) is 4.32. The van der Waals surface area contributed by atoms with E-state index in [4.69, 9.17) is 0 Å². The summed E-state index contributed by atoms with van der Waals surface area (Å²) in [6.07, 6.45) is 1.15. The maximum atomic E-state index is 4.54. The monoisotopic (exact) mass is 285 g/mol. The van der Waals surface area contributed by atoms with E-state index < -0.39 is 0 Å². The van der Waals surface area contributed by atoms with Crippen molar-refractivity contribution in [1.82, 2.24) is 9.88 Å². The molecule has 0 fully saturated rings. The molecule has 1 aromatic heterocycles. The third kappa shape index (κ3) is 4.10. The van der Waals surface area contributed by atoms with Crippen molar-refractivity contribution in [3.05, 3.63) is 22.3 Å². The van der Waals surface area contributed by atoms with Crippen molar-refractivity contribution in [3.63, 3.8) is 0 Å². The summed E-state index contributed by atoms with van der Waals surface area (Å²) in [4.78, 5) is 8.94. The molecule has 16 heavy (non-hydrogen) atoms. The average molecular weight is 286 g/mol. The highest BCUT2D eigenvalue weighted by molar-refractivity contribution is 9.10. The van der Waals surface area contributed by atoms with Gasteiger partial charge in [0.2, 0.25) is 0 Å². The van der Waals surface area contributed by atoms with Crippen molar-refractivity contribution in [2.45, 2.75) is 13.3 Å². The molecule has 0 atom stereocenters. The van der Waals surface area contributed by atoms with Crippen LogP contribution < -0.4 is 4.90 Å². The minimum Gasteiger partial charge on any atom is -0.360 e. The van der Waals surface area contributed by atoms with Crippen molar-refractivity contribution in [3.8, 4) is 0 Å². The highest BCUT2D eigenvalue weighted by atomic mass is 79.9. The van der Waals surface area contributed by atoms with Crippen LogP contribution in [-0.4, -0.2) is 44.1 Å². The molecule has 1 heterocycles. The minimum atomic E-state index is 1.03. The van der Waals surface area contributed by atoms with Gasteiger partial charge in [-0.1, -0.05) is 0 Å². The quantitative estimate of drug-likeness (QED) is 0.829. The molecule has 0 aromatic carbocycles. The molecule has 0 aliphatic rings. The number of anilines is 1. The second kappa shape index (κ2) is 6.21. The van der Waals surface area contributed by atoms with E-state index in [2.05, 4.69) is 57.9 Å². The summed E-state index contributed by atoms with van der Waals surface area (Å²) in [6.45, 7) is 4.16. The van der Waals surface area contributed by atoms with Gasteiger partial charge in [-0.2, -0.15) is 0 Å². The molecule has 0 amide bonds. The summed E-state index contributed by atoms with van der Waals surface area (Å²) in [5.74, 6) is 1.04. The predicted molar refractivity (Wildman–Crippen MR) is 73.1 cm³/mol. The van der Waals surface area contributed by atoms with Gasteiger partial charge in [-0.15, -0.1) is 0 Å². The Hall–Kier alpha value is -0.610. The zero-order valence-electron chi connectivity index (χ0n) is 10.5. The molecule has 1 rings (SSSR count). The molecular weight excluding hydrogens is 266 g/mol. The summed E-state index contributed by atoms with van der Waals surface area (Å²) in [6, 6.07) is 4.10. The van der Waals surface area contributed by atoms with Crippen LogP contribution in [0.1, 0.15) is 12.1 Å². The zero-order valence-corrected chi connectivity index (χ0v) is 12.1. The number of hydrogen-bond acceptors (Lipinski definition) is 3. The van der Waals surface area contributed by atoms with Gasteiger partial charge in [0.1, 0.15) is 5.82 Å². The van der Waals surface area contributed by atoms with Crippen molar-refractivity contribution in [1.29, 1.82) is 0 Å². The number of pyridine rings is 1. The van der Waals surface area contributed by atoms with E-state index in [1.807, 2.05) is 13.0 Å². The van der Waals surface area contributed by atoms with Crippen molar-refractivity contribution in [2.75, 3.05) is 39.1 Å². The fourth-order valence-electron chi connectivity index (χ4n) is 1.48. The van der Waals surface area contributed by atoms with E-state index in [1.54, 1.807) is 0 Å². The van der Waals surface area contributed by atoms with Crippen molar-refractivity contribution >= 4 is 21.7 Å². The fourth-order valence-corrected chi connectivity index (χ4v) is 1.70. The molecule has 0 N–H and O–H groups in total. The number of hydrogen-bond donors (Lipinski definition) is 0. The molecule has 0 saturated heterocycles. The summed E-state index contributed by atoms with van der Waals surface area (Å²) in [5.41, 5.74) is 1.04. The van der Waals surface area contributed by atoms with E-state index in [1.165, 1.54) is 0 Å². The molecule has 0 radical (unpaired) electrons. The molecule has 0 aliphatic carbocycles. The summed E-state index contributed by atoms with van der Waals surface area (Å²) < 4.78 is 1.07. The van der Waals surface area contributed by atoms with E-state index in [-0.39, 0.29) is 0 Å². The largest absolute Gasteiger partial charge is 0.360 e. The van der Waals surface area contributed by atoms with Crippen LogP contribution in [0, 0.1) is 6.92 Å². The first-order chi connectivity index (χ1) is 7.50. The van der Waals surface area contributed by atoms with Crippen LogP contribution in [0.4, 0.5) is 5.82 Å². The molecule has 0 unspecified atom stereocenters. The van der Waals surface area contributed by atoms with Crippen molar-refractivity contribution < 1.29 is 0 Å². The smallest absolute Gasteiger partial charge is 0.128 e. The lowest BCUT2D eigenvalue weighted by molar-refractivity contribution is 0.401. The first kappa shape index (κ1) is 13.5. The van der Waals surface area contributed by atoms with Gasteiger partial charge in [0.25, 0.3) is 0 Å². The van der Waals surface area contributed by atoms with Crippen LogP contribution in [0.5, 0.6) is 0 Å². The lowest BCUT2D eigenvalue weighted by Gasteiger charge is -2.20. The molecule has 4 heteroatoms. The van der Waals surface area contributed by atoms with E-state index in [0.29, 0.717) is 0 Å². The van der Waals surface area contributed by atoms with Crippen LogP contribution in [0.2, 0.25) is 0 Å². The average Bonchev–Trinajstić information content (AvgIpc) is 2.21. The third-order valence-electron chi connectivity index (χ3n) is 2.50. The number of halogens is 1. The Balaban J connectivity index is 2.52. The predicted octanol–water partition coefficient (Wildman–Crippen LogP) is 2.54. The van der Waals surface area contributed by atoms with Gasteiger partial charge in [-0.25, -0.2) is 4.98 Å². The summed E-state index contributed by atoms with van der Waals surface area (Å²) >= 11 is 3.46. The SMILES string of the molecule is Cc1nc(N(C)CCCN(C)C)ccc1Br. The third-order valence-corrected chi connectivity index (χ3v) is 3.33. The highest BCUT2D eigenvalue weighted by Crippen LogP contribution is 2.18. The summed E-state index contributed by atoms with van der Waals surface area (Å²) in [7, 11) is 6.29. The first-order valence-electron chi connectivity index (χ1n) is 5.49. The normalized spacial score (nSPS) is 10.9. The van der Waals surface area contributed by atoms with Crippen LogP contribution in [0.25, 0.3) is 0 Å². The van der Waals surface area contributed by atoms with Gasteiger partial charge in [-0.3, -0.25) is 0 Å². The van der Waals surface area contributed by atoms with E-state index in [0.717, 1.165) is 35.5 Å². The van der Waals surface area contributed by atoms with Gasteiger partial charge in [0.15, 0.2) is 0 Å². The molecular formula is C12H20BrN3. The Morgan fingerprint density at radius 2 is 1.88 bits per heavy atom. The maximum absolute atomic E-state index is 4.54.